The number of rotatable bonds is 5. The quantitative estimate of drug-likeness (QED) is 0.575. The van der Waals surface area contributed by atoms with Gasteiger partial charge in [-0.1, -0.05) is 35.9 Å². The highest BCUT2D eigenvalue weighted by atomic mass is 35.5. The number of benzene rings is 2. The molecule has 2 aromatic carbocycles. The number of hydrogen-bond donors (Lipinski definition) is 3. The van der Waals surface area contributed by atoms with Crippen molar-refractivity contribution in [2.75, 3.05) is 17.7 Å². The number of nitrogens with zero attached hydrogens (tertiary/aromatic N) is 2. The number of methoxy groups -OCH3 is 1. The number of carbonyl (C=O) groups is 2. The van der Waals surface area contributed by atoms with Crippen molar-refractivity contribution in [1.29, 1.82) is 0 Å². The molecule has 1 amide bonds. The number of carboxylic acid groups (broad SMARTS) is 1. The molecule has 30 heavy (non-hydrogen) atoms. The van der Waals surface area contributed by atoms with Crippen LogP contribution >= 0.6 is 11.6 Å². The van der Waals surface area contributed by atoms with Gasteiger partial charge in [0.1, 0.15) is 28.9 Å². The standard InChI is InChI=1S/C21H17ClN4O4/c1-30-18-8-3-2-7-14(18)17-10-16(21(28)29)25-19-15(11-23-26(17)19)20(27)24-13-6-4-5-12(22)9-13/h2-11,17,25H,1H3,(H,24,27)(H,28,29)/t17-/m0/s1. The van der Waals surface area contributed by atoms with Gasteiger partial charge in [-0.25, -0.2) is 9.48 Å². The number of carboxylic acids is 1. The number of aliphatic carboxylic acids is 1. The van der Waals surface area contributed by atoms with Gasteiger partial charge in [-0.3, -0.25) is 4.79 Å². The Morgan fingerprint density at radius 2 is 2.03 bits per heavy atom. The summed E-state index contributed by atoms with van der Waals surface area (Å²) >= 11 is 5.97. The summed E-state index contributed by atoms with van der Waals surface area (Å²) in [7, 11) is 1.54. The molecule has 3 N–H and O–H groups in total. The van der Waals surface area contributed by atoms with Crippen LogP contribution in [0.25, 0.3) is 0 Å². The maximum Gasteiger partial charge on any atom is 0.352 e. The molecule has 2 heterocycles. The average molecular weight is 425 g/mol. The first-order valence-electron chi connectivity index (χ1n) is 8.97. The van der Waals surface area contributed by atoms with E-state index in [1.165, 1.54) is 19.4 Å². The molecule has 0 unspecified atom stereocenters. The second kappa shape index (κ2) is 7.92. The first-order valence-corrected chi connectivity index (χ1v) is 9.35. The smallest absolute Gasteiger partial charge is 0.352 e. The van der Waals surface area contributed by atoms with E-state index in [4.69, 9.17) is 16.3 Å². The number of nitrogens with one attached hydrogen (secondary N) is 2. The maximum atomic E-state index is 12.9. The number of halogens is 1. The predicted molar refractivity (Wildman–Crippen MR) is 112 cm³/mol. The molecule has 0 saturated carbocycles. The Hall–Kier alpha value is -3.78. The molecule has 9 heteroatoms. The lowest BCUT2D eigenvalue weighted by atomic mass is 10.0. The molecule has 0 radical (unpaired) electrons. The van der Waals surface area contributed by atoms with Crippen molar-refractivity contribution in [3.8, 4) is 5.75 Å². The van der Waals surface area contributed by atoms with Crippen molar-refractivity contribution in [1.82, 2.24) is 9.78 Å². The molecular weight excluding hydrogens is 408 g/mol. The number of amides is 1. The van der Waals surface area contributed by atoms with Gasteiger partial charge in [0.15, 0.2) is 0 Å². The Balaban J connectivity index is 1.75. The molecule has 0 saturated heterocycles. The summed E-state index contributed by atoms with van der Waals surface area (Å²) in [5.41, 5.74) is 1.36. The minimum atomic E-state index is -1.15. The molecule has 1 atom stereocenters. The Labute approximate surface area is 176 Å². The number of ether oxygens (including phenoxy) is 1. The molecule has 0 fully saturated rings. The Morgan fingerprint density at radius 3 is 2.77 bits per heavy atom. The largest absolute Gasteiger partial charge is 0.496 e. The molecule has 152 valence electrons. The van der Waals surface area contributed by atoms with Crippen LogP contribution in [0, 0.1) is 0 Å². The first-order chi connectivity index (χ1) is 14.5. The first kappa shape index (κ1) is 19.5. The van der Waals surface area contributed by atoms with Crippen LogP contribution in [-0.2, 0) is 4.79 Å². The molecule has 0 spiro atoms. The summed E-state index contributed by atoms with van der Waals surface area (Å²) in [5, 5.41) is 19.9. The molecule has 0 aliphatic carbocycles. The van der Waals surface area contributed by atoms with Gasteiger partial charge < -0.3 is 20.5 Å². The maximum absolute atomic E-state index is 12.9. The van der Waals surface area contributed by atoms with Gasteiger partial charge in [0.25, 0.3) is 5.91 Å². The van der Waals surface area contributed by atoms with E-state index in [2.05, 4.69) is 15.7 Å². The van der Waals surface area contributed by atoms with Crippen molar-refractivity contribution < 1.29 is 19.4 Å². The van der Waals surface area contributed by atoms with Gasteiger partial charge in [0, 0.05) is 16.3 Å². The van der Waals surface area contributed by atoms with E-state index < -0.39 is 17.9 Å². The number of allylic oxidation sites excluding steroid dienone is 1. The number of carbonyl (C=O) groups excluding carboxylic acids is 1. The van der Waals surface area contributed by atoms with E-state index in [9.17, 15) is 14.7 Å². The van der Waals surface area contributed by atoms with Gasteiger partial charge in [-0.05, 0) is 30.3 Å². The summed E-state index contributed by atoms with van der Waals surface area (Å²) in [5.74, 6) is -0.748. The number of hydrogen-bond acceptors (Lipinski definition) is 5. The summed E-state index contributed by atoms with van der Waals surface area (Å²) in [4.78, 5) is 24.6. The fraction of sp³-hybridized carbons (Fsp3) is 0.0952. The van der Waals surface area contributed by atoms with Crippen LogP contribution in [0.5, 0.6) is 5.75 Å². The SMILES string of the molecule is COc1ccccc1[C@@H]1C=C(C(=O)O)Nc2c(C(=O)Nc3cccc(Cl)c3)cnn21. The fourth-order valence-corrected chi connectivity index (χ4v) is 3.47. The molecule has 3 aromatic rings. The lowest BCUT2D eigenvalue weighted by Gasteiger charge is -2.25. The normalized spacial score (nSPS) is 14.9. The van der Waals surface area contributed by atoms with Crippen molar-refractivity contribution in [2.24, 2.45) is 0 Å². The van der Waals surface area contributed by atoms with Crippen molar-refractivity contribution in [2.45, 2.75) is 6.04 Å². The van der Waals surface area contributed by atoms with E-state index in [0.29, 0.717) is 22.0 Å². The lowest BCUT2D eigenvalue weighted by Crippen LogP contribution is -2.26. The van der Waals surface area contributed by atoms with Crippen molar-refractivity contribution >= 4 is 35.0 Å². The Morgan fingerprint density at radius 1 is 1.23 bits per heavy atom. The number of anilines is 2. The van der Waals surface area contributed by atoms with Gasteiger partial charge in [-0.2, -0.15) is 5.10 Å². The van der Waals surface area contributed by atoms with Crippen LogP contribution < -0.4 is 15.4 Å². The summed E-state index contributed by atoms with van der Waals surface area (Å²) in [6, 6.07) is 13.4. The highest BCUT2D eigenvalue weighted by molar-refractivity contribution is 6.31. The molecule has 1 aliphatic rings. The fourth-order valence-electron chi connectivity index (χ4n) is 3.28. The van der Waals surface area contributed by atoms with E-state index >= 15 is 0 Å². The van der Waals surface area contributed by atoms with E-state index in [1.54, 1.807) is 35.0 Å². The van der Waals surface area contributed by atoms with Gasteiger partial charge in [0.2, 0.25) is 0 Å². The van der Waals surface area contributed by atoms with Crippen molar-refractivity contribution in [3.05, 3.63) is 82.7 Å². The van der Waals surface area contributed by atoms with E-state index in [-0.39, 0.29) is 17.1 Å². The highest BCUT2D eigenvalue weighted by Gasteiger charge is 2.30. The number of fused-ring (bicyclic) bond motifs is 1. The topological polar surface area (TPSA) is 105 Å². The molecule has 1 aromatic heterocycles. The van der Waals surface area contributed by atoms with Gasteiger partial charge >= 0.3 is 5.97 Å². The van der Waals surface area contributed by atoms with Gasteiger partial charge in [0.05, 0.1) is 13.3 Å². The molecule has 8 nitrogen and oxygen atoms in total. The molecule has 1 aliphatic heterocycles. The van der Waals surface area contributed by atoms with E-state index in [1.807, 2.05) is 18.2 Å². The zero-order valence-corrected chi connectivity index (χ0v) is 16.6. The Kier molecular flexibility index (Phi) is 5.16. The molecular formula is C21H17ClN4O4. The van der Waals surface area contributed by atoms with Crippen molar-refractivity contribution in [3.63, 3.8) is 0 Å². The second-order valence-electron chi connectivity index (χ2n) is 6.51. The predicted octanol–water partition coefficient (Wildman–Crippen LogP) is 3.78. The number of para-hydroxylation sites is 1. The third kappa shape index (κ3) is 3.60. The third-order valence-electron chi connectivity index (χ3n) is 4.65. The van der Waals surface area contributed by atoms with Crippen LogP contribution in [0.15, 0.2) is 66.5 Å². The van der Waals surface area contributed by atoms with E-state index in [0.717, 1.165) is 0 Å². The van der Waals surface area contributed by atoms with Crippen LogP contribution in [0.2, 0.25) is 5.02 Å². The summed E-state index contributed by atoms with van der Waals surface area (Å²) in [6.45, 7) is 0. The summed E-state index contributed by atoms with van der Waals surface area (Å²) in [6.07, 6.45) is 2.92. The minimum absolute atomic E-state index is 0.0595. The minimum Gasteiger partial charge on any atom is -0.496 e. The van der Waals surface area contributed by atoms with Crippen LogP contribution in [0.1, 0.15) is 22.0 Å². The third-order valence-corrected chi connectivity index (χ3v) is 4.89. The monoisotopic (exact) mass is 424 g/mol. The van der Waals surface area contributed by atoms with Crippen LogP contribution in [0.4, 0.5) is 11.5 Å². The van der Waals surface area contributed by atoms with Crippen LogP contribution in [-0.4, -0.2) is 33.9 Å². The Bertz CT molecular complexity index is 1170. The lowest BCUT2D eigenvalue weighted by molar-refractivity contribution is -0.132. The zero-order chi connectivity index (χ0) is 21.3. The second-order valence-corrected chi connectivity index (χ2v) is 6.95. The molecule has 4 rings (SSSR count). The van der Waals surface area contributed by atoms with Crippen LogP contribution in [0.3, 0.4) is 0 Å². The molecule has 0 bridgehead atoms. The number of aromatic nitrogens is 2. The highest BCUT2D eigenvalue weighted by Crippen LogP contribution is 2.36. The average Bonchev–Trinajstić information content (AvgIpc) is 3.17. The summed E-state index contributed by atoms with van der Waals surface area (Å²) < 4.78 is 6.98. The van der Waals surface area contributed by atoms with Gasteiger partial charge in [-0.15, -0.1) is 0 Å². The zero-order valence-electron chi connectivity index (χ0n) is 15.8.